The van der Waals surface area contributed by atoms with Crippen LogP contribution in [0.4, 0.5) is 0 Å². The van der Waals surface area contributed by atoms with E-state index in [2.05, 4.69) is 0 Å². The summed E-state index contributed by atoms with van der Waals surface area (Å²) >= 11 is 0. The molecule has 0 heterocycles. The van der Waals surface area contributed by atoms with Crippen molar-refractivity contribution in [1.29, 1.82) is 0 Å². The number of aldehydes is 1. The molecule has 0 aliphatic rings. The highest BCUT2D eigenvalue weighted by molar-refractivity contribution is 5.92. The number of hydrogen-bond donors (Lipinski definition) is 0. The maximum Gasteiger partial charge on any atom is 0.338 e. The van der Waals surface area contributed by atoms with Gasteiger partial charge in [0.2, 0.25) is 0 Å². The summed E-state index contributed by atoms with van der Waals surface area (Å²) in [6.07, 6.45) is 0.566. The zero-order valence-corrected chi connectivity index (χ0v) is 9.11. The van der Waals surface area contributed by atoms with Gasteiger partial charge in [-0.3, -0.25) is 4.79 Å². The molecule has 0 N–H and O–H groups in total. The molecule has 0 aromatic heterocycles. The van der Waals surface area contributed by atoms with Crippen molar-refractivity contribution in [1.82, 2.24) is 0 Å². The maximum atomic E-state index is 11.5. The van der Waals surface area contributed by atoms with Crippen molar-refractivity contribution in [3.05, 3.63) is 34.9 Å². The summed E-state index contributed by atoms with van der Waals surface area (Å²) in [5, 5.41) is 0. The van der Waals surface area contributed by atoms with Gasteiger partial charge in [-0.25, -0.2) is 4.79 Å². The molecule has 80 valence electrons. The van der Waals surface area contributed by atoms with Crippen LogP contribution in [0.2, 0.25) is 0 Å². The van der Waals surface area contributed by atoms with E-state index < -0.39 is 5.97 Å². The standard InChI is InChI=1S/C12H14O3/c1-8(2)15-12(14)11-5-9(3)4-10(6-11)7-13/h4-8H,1-3H3. The van der Waals surface area contributed by atoms with Crippen LogP contribution in [-0.2, 0) is 4.74 Å². The predicted molar refractivity (Wildman–Crippen MR) is 57.1 cm³/mol. The highest BCUT2D eigenvalue weighted by Crippen LogP contribution is 2.10. The van der Waals surface area contributed by atoms with E-state index in [0.29, 0.717) is 11.1 Å². The summed E-state index contributed by atoms with van der Waals surface area (Å²) in [5.41, 5.74) is 1.78. The maximum absolute atomic E-state index is 11.5. The van der Waals surface area contributed by atoms with Gasteiger partial charge >= 0.3 is 5.97 Å². The van der Waals surface area contributed by atoms with Crippen LogP contribution in [0, 0.1) is 6.92 Å². The first-order valence-corrected chi connectivity index (χ1v) is 4.81. The van der Waals surface area contributed by atoms with Gasteiger partial charge in [-0.1, -0.05) is 0 Å². The summed E-state index contributed by atoms with van der Waals surface area (Å²) in [6.45, 7) is 5.40. The molecular weight excluding hydrogens is 192 g/mol. The van der Waals surface area contributed by atoms with E-state index in [1.807, 2.05) is 6.92 Å². The third-order valence-electron chi connectivity index (χ3n) is 1.81. The quantitative estimate of drug-likeness (QED) is 0.563. The SMILES string of the molecule is Cc1cc(C=O)cc(C(=O)OC(C)C)c1. The molecule has 0 radical (unpaired) electrons. The van der Waals surface area contributed by atoms with E-state index in [1.165, 1.54) is 6.07 Å². The van der Waals surface area contributed by atoms with Crippen molar-refractivity contribution in [2.45, 2.75) is 26.9 Å². The van der Waals surface area contributed by atoms with Gasteiger partial charge in [0.1, 0.15) is 6.29 Å². The summed E-state index contributed by atoms with van der Waals surface area (Å²) in [4.78, 5) is 22.1. The summed E-state index contributed by atoms with van der Waals surface area (Å²) < 4.78 is 5.04. The second kappa shape index (κ2) is 4.73. The molecule has 0 amide bonds. The normalized spacial score (nSPS) is 10.1. The largest absolute Gasteiger partial charge is 0.459 e. The Balaban J connectivity index is 2.98. The fraction of sp³-hybridized carbons (Fsp3) is 0.333. The first-order chi connectivity index (χ1) is 7.02. The zero-order valence-electron chi connectivity index (χ0n) is 9.11. The third-order valence-corrected chi connectivity index (χ3v) is 1.81. The lowest BCUT2D eigenvalue weighted by Gasteiger charge is -2.08. The molecule has 0 atom stereocenters. The molecule has 1 aromatic rings. The van der Waals surface area contributed by atoms with Gasteiger partial charge in [0.15, 0.2) is 0 Å². The van der Waals surface area contributed by atoms with E-state index >= 15 is 0 Å². The van der Waals surface area contributed by atoms with Crippen molar-refractivity contribution in [2.24, 2.45) is 0 Å². The number of ether oxygens (including phenoxy) is 1. The summed E-state index contributed by atoms with van der Waals surface area (Å²) in [6, 6.07) is 4.96. The van der Waals surface area contributed by atoms with Crippen LogP contribution < -0.4 is 0 Å². The molecule has 1 aromatic carbocycles. The average Bonchev–Trinajstić information content (AvgIpc) is 2.15. The average molecular weight is 206 g/mol. The highest BCUT2D eigenvalue weighted by Gasteiger charge is 2.10. The minimum Gasteiger partial charge on any atom is -0.459 e. The van der Waals surface area contributed by atoms with Gasteiger partial charge in [0.25, 0.3) is 0 Å². The van der Waals surface area contributed by atoms with Crippen LogP contribution in [0.25, 0.3) is 0 Å². The van der Waals surface area contributed by atoms with E-state index in [-0.39, 0.29) is 6.10 Å². The number of rotatable bonds is 3. The van der Waals surface area contributed by atoms with Crippen molar-refractivity contribution >= 4 is 12.3 Å². The second-order valence-corrected chi connectivity index (χ2v) is 3.70. The van der Waals surface area contributed by atoms with Gasteiger partial charge in [-0.15, -0.1) is 0 Å². The fourth-order valence-electron chi connectivity index (χ4n) is 1.28. The Morgan fingerprint density at radius 3 is 2.53 bits per heavy atom. The van der Waals surface area contributed by atoms with Crippen LogP contribution in [0.3, 0.4) is 0 Å². The monoisotopic (exact) mass is 206 g/mol. The van der Waals surface area contributed by atoms with Gasteiger partial charge < -0.3 is 4.74 Å². The van der Waals surface area contributed by atoms with E-state index in [0.717, 1.165) is 11.8 Å². The molecule has 1 rings (SSSR count). The Hall–Kier alpha value is -1.64. The minimum absolute atomic E-state index is 0.155. The molecule has 0 spiro atoms. The molecule has 3 nitrogen and oxygen atoms in total. The van der Waals surface area contributed by atoms with Crippen LogP contribution >= 0.6 is 0 Å². The van der Waals surface area contributed by atoms with Crippen molar-refractivity contribution in [3.63, 3.8) is 0 Å². The lowest BCUT2D eigenvalue weighted by Crippen LogP contribution is -2.12. The predicted octanol–water partition coefficient (Wildman–Crippen LogP) is 2.37. The summed E-state index contributed by atoms with van der Waals surface area (Å²) in [5.74, 6) is -0.392. The fourth-order valence-corrected chi connectivity index (χ4v) is 1.28. The molecular formula is C12H14O3. The number of aryl methyl sites for hydroxylation is 1. The highest BCUT2D eigenvalue weighted by atomic mass is 16.5. The topological polar surface area (TPSA) is 43.4 Å². The first kappa shape index (κ1) is 11.4. The van der Waals surface area contributed by atoms with Crippen molar-refractivity contribution < 1.29 is 14.3 Å². The molecule has 3 heteroatoms. The third kappa shape index (κ3) is 3.20. The molecule has 0 fully saturated rings. The van der Waals surface area contributed by atoms with E-state index in [9.17, 15) is 9.59 Å². The Bertz CT molecular complexity index is 380. The smallest absolute Gasteiger partial charge is 0.338 e. The van der Waals surface area contributed by atoms with Crippen molar-refractivity contribution in [3.8, 4) is 0 Å². The van der Waals surface area contributed by atoms with Crippen LogP contribution in [0.5, 0.6) is 0 Å². The minimum atomic E-state index is -0.392. The molecule has 0 saturated heterocycles. The summed E-state index contributed by atoms with van der Waals surface area (Å²) in [7, 11) is 0. The number of hydrogen-bond acceptors (Lipinski definition) is 3. The lowest BCUT2D eigenvalue weighted by molar-refractivity contribution is 0.0378. The molecule has 0 bridgehead atoms. The zero-order chi connectivity index (χ0) is 11.4. The van der Waals surface area contributed by atoms with E-state index in [4.69, 9.17) is 4.74 Å². The van der Waals surface area contributed by atoms with Crippen LogP contribution in [-0.4, -0.2) is 18.4 Å². The lowest BCUT2D eigenvalue weighted by atomic mass is 10.1. The Morgan fingerprint density at radius 1 is 1.33 bits per heavy atom. The van der Waals surface area contributed by atoms with Crippen molar-refractivity contribution in [2.75, 3.05) is 0 Å². The number of esters is 1. The second-order valence-electron chi connectivity index (χ2n) is 3.70. The molecule has 15 heavy (non-hydrogen) atoms. The Morgan fingerprint density at radius 2 is 2.00 bits per heavy atom. The first-order valence-electron chi connectivity index (χ1n) is 4.81. The van der Waals surface area contributed by atoms with Crippen LogP contribution in [0.1, 0.15) is 40.1 Å². The van der Waals surface area contributed by atoms with E-state index in [1.54, 1.807) is 26.0 Å². The Labute approximate surface area is 89.1 Å². The van der Waals surface area contributed by atoms with Gasteiger partial charge in [0.05, 0.1) is 11.7 Å². The number of carbonyl (C=O) groups excluding carboxylic acids is 2. The molecule has 0 unspecified atom stereocenters. The Kier molecular flexibility index (Phi) is 3.61. The van der Waals surface area contributed by atoms with Gasteiger partial charge in [-0.2, -0.15) is 0 Å². The van der Waals surface area contributed by atoms with Gasteiger partial charge in [0, 0.05) is 5.56 Å². The van der Waals surface area contributed by atoms with Gasteiger partial charge in [-0.05, 0) is 44.5 Å². The molecule has 0 saturated carbocycles. The number of benzene rings is 1. The molecule has 0 aliphatic carbocycles. The number of carbonyl (C=O) groups is 2. The van der Waals surface area contributed by atoms with Crippen LogP contribution in [0.15, 0.2) is 18.2 Å². The molecule has 0 aliphatic heterocycles.